The van der Waals surface area contributed by atoms with Crippen molar-refractivity contribution in [3.63, 3.8) is 0 Å². The largest absolute Gasteiger partial charge is 0.369 e. The normalized spacial score (nSPS) is 21.2. The van der Waals surface area contributed by atoms with Crippen LogP contribution in [0, 0.1) is 16.7 Å². The van der Waals surface area contributed by atoms with Crippen LogP contribution < -0.4 is 11.2 Å². The maximum absolute atomic E-state index is 11.0. The summed E-state index contributed by atoms with van der Waals surface area (Å²) >= 11 is 0. The number of nitrogens with one attached hydrogen (secondary N) is 2. The van der Waals surface area contributed by atoms with Crippen LogP contribution in [0.2, 0.25) is 0 Å². The molecule has 1 saturated carbocycles. The zero-order chi connectivity index (χ0) is 9.35. The quantitative estimate of drug-likeness (QED) is 0.270. The van der Waals surface area contributed by atoms with Gasteiger partial charge >= 0.3 is 0 Å². The van der Waals surface area contributed by atoms with Crippen molar-refractivity contribution in [2.75, 3.05) is 0 Å². The van der Waals surface area contributed by atoms with Gasteiger partial charge in [0.1, 0.15) is 11.3 Å². The lowest BCUT2D eigenvalue weighted by atomic mass is 9.83. The Morgan fingerprint density at radius 1 is 1.75 bits per heavy atom. The van der Waals surface area contributed by atoms with E-state index in [-0.39, 0.29) is 11.8 Å². The molecule has 0 aromatic rings. The van der Waals surface area contributed by atoms with Crippen molar-refractivity contribution in [1.82, 2.24) is 5.48 Å². The maximum Gasteiger partial charge on any atom is 0.231 e. The van der Waals surface area contributed by atoms with Crippen LogP contribution in [0.25, 0.3) is 0 Å². The first-order chi connectivity index (χ1) is 5.53. The highest BCUT2D eigenvalue weighted by molar-refractivity contribution is 6.05. The average Bonchev–Trinajstić information content (AvgIpc) is 2.83. The molecule has 12 heavy (non-hydrogen) atoms. The first-order valence-corrected chi connectivity index (χ1v) is 3.82. The molecule has 0 heterocycles. The zero-order valence-electron chi connectivity index (χ0n) is 6.92. The Morgan fingerprint density at radius 3 is 2.50 bits per heavy atom. The van der Waals surface area contributed by atoms with Gasteiger partial charge in [0.25, 0.3) is 0 Å². The predicted molar refractivity (Wildman–Crippen MR) is 42.7 cm³/mol. The lowest BCUT2D eigenvalue weighted by molar-refractivity contribution is -0.124. The van der Waals surface area contributed by atoms with Gasteiger partial charge in [-0.1, -0.05) is 0 Å². The third-order valence-corrected chi connectivity index (χ3v) is 2.54. The molecule has 0 aliphatic heterocycles. The second kappa shape index (κ2) is 2.75. The summed E-state index contributed by atoms with van der Waals surface area (Å²) in [6.07, 6.45) is 1.78. The van der Waals surface area contributed by atoms with E-state index < -0.39 is 11.3 Å². The van der Waals surface area contributed by atoms with E-state index in [1.165, 1.54) is 0 Å². The third kappa shape index (κ3) is 1.16. The lowest BCUT2D eigenvalue weighted by Crippen LogP contribution is -2.48. The Morgan fingerprint density at radius 2 is 2.25 bits per heavy atom. The zero-order valence-corrected chi connectivity index (χ0v) is 6.92. The van der Waals surface area contributed by atoms with E-state index in [1.54, 1.807) is 12.4 Å². The van der Waals surface area contributed by atoms with Crippen molar-refractivity contribution in [2.45, 2.75) is 19.8 Å². The average molecular weight is 171 g/mol. The molecule has 0 aromatic carbocycles. The van der Waals surface area contributed by atoms with Gasteiger partial charge in [-0.2, -0.15) is 0 Å². The fourth-order valence-electron chi connectivity index (χ4n) is 1.31. The SMILES string of the molecule is CC(C(=N)NO)(C(N)=O)C1CC1. The molecular formula is C7H13N3O2. The van der Waals surface area contributed by atoms with Crippen LogP contribution in [0.15, 0.2) is 0 Å². The second-order valence-electron chi connectivity index (χ2n) is 3.33. The molecule has 5 N–H and O–H groups in total. The van der Waals surface area contributed by atoms with Crippen LogP contribution in [0.4, 0.5) is 0 Å². The van der Waals surface area contributed by atoms with E-state index in [0.29, 0.717) is 0 Å². The predicted octanol–water partition coefficient (Wildman–Crippen LogP) is -0.156. The Labute approximate surface area is 70.4 Å². The van der Waals surface area contributed by atoms with Crippen molar-refractivity contribution in [3.05, 3.63) is 0 Å². The van der Waals surface area contributed by atoms with Crippen LogP contribution in [-0.4, -0.2) is 17.0 Å². The molecule has 0 spiro atoms. The monoisotopic (exact) mass is 171 g/mol. The summed E-state index contributed by atoms with van der Waals surface area (Å²) in [5, 5.41) is 15.8. The van der Waals surface area contributed by atoms with Crippen molar-refractivity contribution >= 4 is 11.7 Å². The molecule has 1 atom stereocenters. The van der Waals surface area contributed by atoms with Gasteiger partial charge in [0, 0.05) is 0 Å². The Hall–Kier alpha value is -1.10. The molecule has 1 rings (SSSR count). The smallest absolute Gasteiger partial charge is 0.231 e. The molecule has 68 valence electrons. The summed E-state index contributed by atoms with van der Waals surface area (Å²) < 4.78 is 0. The number of nitrogens with two attached hydrogens (primary N) is 1. The molecule has 0 aromatic heterocycles. The topological polar surface area (TPSA) is 99.2 Å². The van der Waals surface area contributed by atoms with E-state index >= 15 is 0 Å². The van der Waals surface area contributed by atoms with Gasteiger partial charge < -0.3 is 5.73 Å². The fraction of sp³-hybridized carbons (Fsp3) is 0.714. The number of amidine groups is 1. The van der Waals surface area contributed by atoms with Gasteiger partial charge in [-0.05, 0) is 25.7 Å². The van der Waals surface area contributed by atoms with Gasteiger partial charge in [-0.3, -0.25) is 20.9 Å². The molecule has 5 nitrogen and oxygen atoms in total. The summed E-state index contributed by atoms with van der Waals surface area (Å²) in [6.45, 7) is 1.58. The van der Waals surface area contributed by atoms with Crippen LogP contribution in [0.5, 0.6) is 0 Å². The molecule has 1 aliphatic carbocycles. The number of carbonyl (C=O) groups excluding carboxylic acids is 1. The first-order valence-electron chi connectivity index (χ1n) is 3.82. The Balaban J connectivity index is 2.84. The highest BCUT2D eigenvalue weighted by Crippen LogP contribution is 2.45. The number of hydroxylamine groups is 1. The molecule has 0 radical (unpaired) electrons. The van der Waals surface area contributed by atoms with Crippen molar-refractivity contribution in [1.29, 1.82) is 5.41 Å². The second-order valence-corrected chi connectivity index (χ2v) is 3.33. The van der Waals surface area contributed by atoms with Gasteiger partial charge in [0.05, 0.1) is 0 Å². The highest BCUT2D eigenvalue weighted by atomic mass is 16.5. The van der Waals surface area contributed by atoms with Gasteiger partial charge in [0.15, 0.2) is 0 Å². The van der Waals surface area contributed by atoms with Gasteiger partial charge in [-0.15, -0.1) is 0 Å². The molecule has 1 fully saturated rings. The standard InChI is InChI=1S/C7H13N3O2/c1-7(6(9)11,4-2-3-4)5(8)10-12/h4,12H,2-3H2,1H3,(H2,8,10)(H2,9,11). The minimum Gasteiger partial charge on any atom is -0.369 e. The van der Waals surface area contributed by atoms with Gasteiger partial charge in [0.2, 0.25) is 5.91 Å². The molecule has 1 aliphatic rings. The van der Waals surface area contributed by atoms with Crippen LogP contribution in [0.1, 0.15) is 19.8 Å². The van der Waals surface area contributed by atoms with E-state index in [4.69, 9.17) is 16.4 Å². The van der Waals surface area contributed by atoms with E-state index in [1.807, 2.05) is 0 Å². The number of hydrogen-bond donors (Lipinski definition) is 4. The Kier molecular flexibility index (Phi) is 2.06. The molecule has 1 amide bonds. The summed E-state index contributed by atoms with van der Waals surface area (Å²) in [6, 6.07) is 0. The molecular weight excluding hydrogens is 158 g/mol. The number of hydrogen-bond acceptors (Lipinski definition) is 3. The third-order valence-electron chi connectivity index (χ3n) is 2.54. The van der Waals surface area contributed by atoms with Crippen LogP contribution in [0.3, 0.4) is 0 Å². The Bertz CT molecular complexity index is 225. The number of amides is 1. The number of rotatable bonds is 3. The molecule has 5 heteroatoms. The van der Waals surface area contributed by atoms with Crippen molar-refractivity contribution in [2.24, 2.45) is 17.1 Å². The summed E-state index contributed by atoms with van der Waals surface area (Å²) in [5.74, 6) is -0.656. The van der Waals surface area contributed by atoms with Crippen LogP contribution in [-0.2, 0) is 4.79 Å². The maximum atomic E-state index is 11.0. The summed E-state index contributed by atoms with van der Waals surface area (Å²) in [5.41, 5.74) is 5.83. The molecule has 0 bridgehead atoms. The first kappa shape index (κ1) is 8.99. The lowest BCUT2D eigenvalue weighted by Gasteiger charge is -2.25. The molecule has 0 saturated heterocycles. The van der Waals surface area contributed by atoms with E-state index in [2.05, 4.69) is 0 Å². The minimum absolute atomic E-state index is 0.113. The van der Waals surface area contributed by atoms with E-state index in [0.717, 1.165) is 12.8 Å². The van der Waals surface area contributed by atoms with Crippen LogP contribution >= 0.6 is 0 Å². The fourth-order valence-corrected chi connectivity index (χ4v) is 1.31. The number of carbonyl (C=O) groups is 1. The van der Waals surface area contributed by atoms with Gasteiger partial charge in [-0.25, -0.2) is 0 Å². The summed E-state index contributed by atoms with van der Waals surface area (Å²) in [4.78, 5) is 11.0. The minimum atomic E-state index is -1.02. The summed E-state index contributed by atoms with van der Waals surface area (Å²) in [7, 11) is 0. The van der Waals surface area contributed by atoms with Crippen molar-refractivity contribution < 1.29 is 10.0 Å². The highest BCUT2D eigenvalue weighted by Gasteiger charge is 2.49. The number of primary amides is 1. The van der Waals surface area contributed by atoms with E-state index in [9.17, 15) is 4.79 Å². The van der Waals surface area contributed by atoms with Crippen molar-refractivity contribution in [3.8, 4) is 0 Å². The molecule has 1 unspecified atom stereocenters.